The summed E-state index contributed by atoms with van der Waals surface area (Å²) in [7, 11) is 0. The first kappa shape index (κ1) is 22.2. The van der Waals surface area contributed by atoms with Crippen LogP contribution in [-0.4, -0.2) is 34.0 Å². The third-order valence-corrected chi connectivity index (χ3v) is 6.19. The highest BCUT2D eigenvalue weighted by molar-refractivity contribution is 5.94. The van der Waals surface area contributed by atoms with Gasteiger partial charge in [-0.1, -0.05) is 67.0 Å². The molecule has 0 radical (unpaired) electrons. The zero-order chi connectivity index (χ0) is 22.7. The quantitative estimate of drug-likeness (QED) is 0.570. The number of nitrogens with zero attached hydrogens (tertiary/aromatic N) is 3. The normalized spacial score (nSPS) is 17.0. The highest BCUT2D eigenvalue weighted by Gasteiger charge is 2.28. The Hall–Kier alpha value is -2.99. The van der Waals surface area contributed by atoms with Gasteiger partial charge in [0, 0.05) is 17.8 Å². The molecule has 32 heavy (non-hydrogen) atoms. The second-order valence-corrected chi connectivity index (χ2v) is 9.14. The summed E-state index contributed by atoms with van der Waals surface area (Å²) in [6.07, 6.45) is 1.87. The van der Waals surface area contributed by atoms with Crippen molar-refractivity contribution in [2.45, 2.75) is 53.0 Å². The number of hydrogen-bond acceptors (Lipinski definition) is 5. The van der Waals surface area contributed by atoms with Crippen molar-refractivity contribution in [3.05, 3.63) is 65.0 Å². The molecular formula is C26H32N4O2. The molecule has 0 aliphatic carbocycles. The van der Waals surface area contributed by atoms with Gasteiger partial charge >= 0.3 is 0 Å². The van der Waals surface area contributed by atoms with Crippen LogP contribution in [0.1, 0.15) is 55.2 Å². The second-order valence-electron chi connectivity index (χ2n) is 9.14. The average molecular weight is 433 g/mol. The molecule has 1 aliphatic heterocycles. The number of aromatic nitrogens is 2. The zero-order valence-corrected chi connectivity index (χ0v) is 19.4. The Morgan fingerprint density at radius 1 is 1.19 bits per heavy atom. The summed E-state index contributed by atoms with van der Waals surface area (Å²) in [6.45, 7) is 10.6. The van der Waals surface area contributed by atoms with Crippen LogP contribution >= 0.6 is 0 Å². The van der Waals surface area contributed by atoms with Gasteiger partial charge in [0.25, 0.3) is 0 Å². The van der Waals surface area contributed by atoms with E-state index in [1.807, 2.05) is 24.3 Å². The number of carbonyl (C=O) groups excluding carboxylic acids is 1. The molecule has 1 unspecified atom stereocenters. The van der Waals surface area contributed by atoms with E-state index in [4.69, 9.17) is 4.52 Å². The highest BCUT2D eigenvalue weighted by atomic mass is 16.5. The molecule has 1 aliphatic rings. The summed E-state index contributed by atoms with van der Waals surface area (Å²) in [4.78, 5) is 19.9. The molecule has 1 aromatic heterocycles. The first-order valence-corrected chi connectivity index (χ1v) is 11.4. The number of amides is 1. The van der Waals surface area contributed by atoms with Crippen molar-refractivity contribution in [3.8, 4) is 11.4 Å². The Morgan fingerprint density at radius 2 is 1.97 bits per heavy atom. The van der Waals surface area contributed by atoms with Gasteiger partial charge in [0.15, 0.2) is 0 Å². The smallest absolute Gasteiger partial charge is 0.241 e. The summed E-state index contributed by atoms with van der Waals surface area (Å²) in [5, 5.41) is 7.36. The Morgan fingerprint density at radius 3 is 2.72 bits per heavy atom. The summed E-state index contributed by atoms with van der Waals surface area (Å²) < 4.78 is 5.50. The molecule has 4 rings (SSSR count). The van der Waals surface area contributed by atoms with Crippen LogP contribution in [0.15, 0.2) is 47.0 Å². The monoisotopic (exact) mass is 432 g/mol. The number of nitrogens with one attached hydrogen (secondary N) is 1. The van der Waals surface area contributed by atoms with Crippen molar-refractivity contribution in [2.75, 3.05) is 18.4 Å². The summed E-state index contributed by atoms with van der Waals surface area (Å²) in [5.74, 6) is 1.59. The van der Waals surface area contributed by atoms with E-state index < -0.39 is 0 Å². The lowest BCUT2D eigenvalue weighted by Crippen LogP contribution is -2.40. The average Bonchev–Trinajstić information content (AvgIpc) is 3.24. The number of rotatable bonds is 6. The minimum atomic E-state index is -0.0529. The van der Waals surface area contributed by atoms with Crippen molar-refractivity contribution in [2.24, 2.45) is 5.92 Å². The van der Waals surface area contributed by atoms with Crippen LogP contribution < -0.4 is 5.32 Å². The van der Waals surface area contributed by atoms with Crippen molar-refractivity contribution < 1.29 is 9.32 Å². The van der Waals surface area contributed by atoms with Crippen LogP contribution in [0.5, 0.6) is 0 Å². The SMILES string of the molecule is Cc1ccc(-c2noc(CN3CCCC(C(=O)Nc4c(C)cccc4C(C)C)C3)n2)cc1. The molecule has 168 valence electrons. The Kier molecular flexibility index (Phi) is 6.70. The number of carbonyl (C=O) groups is 1. The molecule has 0 saturated carbocycles. The zero-order valence-electron chi connectivity index (χ0n) is 19.4. The first-order chi connectivity index (χ1) is 15.4. The molecular weight excluding hydrogens is 400 g/mol. The number of aryl methyl sites for hydroxylation is 2. The van der Waals surface area contributed by atoms with E-state index in [1.165, 1.54) is 11.1 Å². The topological polar surface area (TPSA) is 71.3 Å². The molecule has 6 nitrogen and oxygen atoms in total. The number of hydrogen-bond donors (Lipinski definition) is 1. The molecule has 1 atom stereocenters. The van der Waals surface area contributed by atoms with Gasteiger partial charge in [-0.25, -0.2) is 0 Å². The summed E-state index contributed by atoms with van der Waals surface area (Å²) >= 11 is 0. The lowest BCUT2D eigenvalue weighted by Gasteiger charge is -2.31. The van der Waals surface area contributed by atoms with Gasteiger partial charge in [-0.3, -0.25) is 9.69 Å². The molecule has 2 aromatic carbocycles. The van der Waals surface area contributed by atoms with Crippen LogP contribution in [0.3, 0.4) is 0 Å². The minimum Gasteiger partial charge on any atom is -0.338 e. The largest absolute Gasteiger partial charge is 0.338 e. The van der Waals surface area contributed by atoms with E-state index >= 15 is 0 Å². The summed E-state index contributed by atoms with van der Waals surface area (Å²) in [6, 6.07) is 14.3. The van der Waals surface area contributed by atoms with Crippen molar-refractivity contribution in [1.29, 1.82) is 0 Å². The number of likely N-dealkylation sites (tertiary alicyclic amines) is 1. The van der Waals surface area contributed by atoms with Crippen molar-refractivity contribution in [1.82, 2.24) is 15.0 Å². The fourth-order valence-electron chi connectivity index (χ4n) is 4.31. The minimum absolute atomic E-state index is 0.0529. The number of para-hydroxylation sites is 1. The van der Waals surface area contributed by atoms with Gasteiger partial charge in [-0.05, 0) is 50.3 Å². The highest BCUT2D eigenvalue weighted by Crippen LogP contribution is 2.29. The van der Waals surface area contributed by atoms with Crippen LogP contribution in [0.2, 0.25) is 0 Å². The van der Waals surface area contributed by atoms with Gasteiger partial charge in [0.1, 0.15) is 0 Å². The number of anilines is 1. The first-order valence-electron chi connectivity index (χ1n) is 11.4. The van der Waals surface area contributed by atoms with E-state index in [0.717, 1.165) is 36.2 Å². The van der Waals surface area contributed by atoms with Crippen LogP contribution in [0.25, 0.3) is 11.4 Å². The maximum Gasteiger partial charge on any atom is 0.241 e. The van der Waals surface area contributed by atoms with E-state index in [1.54, 1.807) is 0 Å². The molecule has 0 spiro atoms. The third-order valence-electron chi connectivity index (χ3n) is 6.19. The van der Waals surface area contributed by atoms with Gasteiger partial charge in [-0.15, -0.1) is 0 Å². The van der Waals surface area contributed by atoms with Crippen LogP contribution in [0.4, 0.5) is 5.69 Å². The van der Waals surface area contributed by atoms with E-state index in [9.17, 15) is 4.79 Å². The maximum atomic E-state index is 13.1. The predicted octanol–water partition coefficient (Wildman–Crippen LogP) is 5.33. The molecule has 1 saturated heterocycles. The molecule has 3 aromatic rings. The van der Waals surface area contributed by atoms with Gasteiger partial charge in [-0.2, -0.15) is 4.98 Å². The van der Waals surface area contributed by atoms with E-state index in [-0.39, 0.29) is 11.8 Å². The van der Waals surface area contributed by atoms with Crippen LogP contribution in [-0.2, 0) is 11.3 Å². The summed E-state index contributed by atoms with van der Waals surface area (Å²) in [5.41, 5.74) is 5.39. The molecule has 1 amide bonds. The maximum absolute atomic E-state index is 13.1. The molecule has 1 N–H and O–H groups in total. The van der Waals surface area contributed by atoms with Crippen LogP contribution in [0, 0.1) is 19.8 Å². The lowest BCUT2D eigenvalue weighted by molar-refractivity contribution is -0.121. The van der Waals surface area contributed by atoms with Gasteiger partial charge in [0.2, 0.25) is 17.6 Å². The van der Waals surface area contributed by atoms with Gasteiger partial charge < -0.3 is 9.84 Å². The van der Waals surface area contributed by atoms with Crippen molar-refractivity contribution in [3.63, 3.8) is 0 Å². The fourth-order valence-corrected chi connectivity index (χ4v) is 4.31. The number of benzene rings is 2. The van der Waals surface area contributed by atoms with E-state index in [2.05, 4.69) is 66.3 Å². The standard InChI is InChI=1S/C26H32N4O2/c1-17(2)22-9-5-7-19(4)24(22)28-26(31)21-8-6-14-30(15-21)16-23-27-25(29-32-23)20-12-10-18(3)11-13-20/h5,7,9-13,17,21H,6,8,14-16H2,1-4H3,(H,28,31). The Bertz CT molecular complexity index is 1070. The lowest BCUT2D eigenvalue weighted by atomic mass is 9.95. The second kappa shape index (κ2) is 9.65. The molecule has 2 heterocycles. The Balaban J connectivity index is 1.40. The predicted molar refractivity (Wildman–Crippen MR) is 126 cm³/mol. The van der Waals surface area contributed by atoms with Gasteiger partial charge in [0.05, 0.1) is 12.5 Å². The van der Waals surface area contributed by atoms with E-state index in [0.29, 0.717) is 30.7 Å². The van der Waals surface area contributed by atoms with Crippen molar-refractivity contribution >= 4 is 11.6 Å². The molecule has 1 fully saturated rings. The Labute approximate surface area is 190 Å². The molecule has 6 heteroatoms. The number of piperidine rings is 1. The third kappa shape index (κ3) is 5.07. The fraction of sp³-hybridized carbons (Fsp3) is 0.423. The molecule has 0 bridgehead atoms.